The van der Waals surface area contributed by atoms with E-state index in [1.54, 1.807) is 30.3 Å². The van der Waals surface area contributed by atoms with Crippen molar-refractivity contribution in [3.63, 3.8) is 0 Å². The smallest absolute Gasteiger partial charge is 0.280 e. The summed E-state index contributed by atoms with van der Waals surface area (Å²) in [6.07, 6.45) is 0. The minimum Gasteiger partial charge on any atom is -0.292 e. The predicted octanol–water partition coefficient (Wildman–Crippen LogP) is 3.94. The summed E-state index contributed by atoms with van der Waals surface area (Å²) >= 11 is 0. The third kappa shape index (κ3) is 3.47. The summed E-state index contributed by atoms with van der Waals surface area (Å²) in [5, 5.41) is 4.40. The highest BCUT2D eigenvalue weighted by molar-refractivity contribution is 7.89. The Morgan fingerprint density at radius 1 is 0.931 bits per heavy atom. The highest BCUT2D eigenvalue weighted by Gasteiger charge is 2.34. The van der Waals surface area contributed by atoms with Crippen LogP contribution in [0.4, 0.5) is 0 Å². The van der Waals surface area contributed by atoms with Crippen molar-refractivity contribution in [3.8, 4) is 0 Å². The van der Waals surface area contributed by atoms with Crippen molar-refractivity contribution in [1.82, 2.24) is 4.41 Å². The van der Waals surface area contributed by atoms with Crippen molar-refractivity contribution in [1.29, 1.82) is 0 Å². The summed E-state index contributed by atoms with van der Waals surface area (Å²) in [7, 11) is -3.92. The molecule has 1 heterocycles. The molecule has 0 saturated carbocycles. The van der Waals surface area contributed by atoms with E-state index < -0.39 is 10.0 Å². The Kier molecular flexibility index (Phi) is 4.80. The average molecular weight is 404 g/mol. The summed E-state index contributed by atoms with van der Waals surface area (Å²) in [5.74, 6) is -0.287. The molecule has 0 bridgehead atoms. The van der Waals surface area contributed by atoms with Crippen LogP contribution in [0.25, 0.3) is 0 Å². The lowest BCUT2D eigenvalue weighted by molar-refractivity contribution is 0.0966. The maximum atomic E-state index is 13.2. The van der Waals surface area contributed by atoms with Gasteiger partial charge < -0.3 is 0 Å². The van der Waals surface area contributed by atoms with E-state index in [0.29, 0.717) is 16.8 Å². The summed E-state index contributed by atoms with van der Waals surface area (Å²) in [4.78, 5) is 13.1. The first kappa shape index (κ1) is 19.1. The lowest BCUT2D eigenvalue weighted by Crippen LogP contribution is -2.37. The van der Waals surface area contributed by atoms with E-state index in [0.717, 1.165) is 21.1 Å². The van der Waals surface area contributed by atoms with Crippen LogP contribution in [0.2, 0.25) is 0 Å². The zero-order valence-electron chi connectivity index (χ0n) is 16.2. The Morgan fingerprint density at radius 2 is 1.62 bits per heavy atom. The number of hydrogen-bond acceptors (Lipinski definition) is 4. The molecule has 4 rings (SSSR count). The number of sulfonamides is 1. The third-order valence-electron chi connectivity index (χ3n) is 4.93. The number of carbonyl (C=O) groups excluding carboxylic acids is 1. The van der Waals surface area contributed by atoms with Gasteiger partial charge in [0.25, 0.3) is 10.0 Å². The summed E-state index contributed by atoms with van der Waals surface area (Å²) in [5.41, 5.74) is 4.12. The molecule has 0 unspecified atom stereocenters. The molecule has 0 aromatic heterocycles. The minimum atomic E-state index is -3.92. The number of rotatable bonds is 4. The van der Waals surface area contributed by atoms with Gasteiger partial charge in [0.2, 0.25) is 0 Å². The number of nitrogens with zero attached hydrogens (tertiary/aromatic N) is 2. The highest BCUT2D eigenvalue weighted by atomic mass is 32.2. The van der Waals surface area contributed by atoms with Crippen molar-refractivity contribution in [2.24, 2.45) is 5.10 Å². The molecule has 146 valence electrons. The van der Waals surface area contributed by atoms with Crippen molar-refractivity contribution in [2.75, 3.05) is 6.54 Å². The van der Waals surface area contributed by atoms with Gasteiger partial charge in [0.05, 0.1) is 4.90 Å². The third-order valence-corrected chi connectivity index (χ3v) is 6.61. The average Bonchev–Trinajstić information content (AvgIpc) is 2.72. The van der Waals surface area contributed by atoms with Gasteiger partial charge in [0.15, 0.2) is 5.78 Å². The molecule has 0 N–H and O–H groups in total. The van der Waals surface area contributed by atoms with Crippen molar-refractivity contribution in [3.05, 3.63) is 101 Å². The van der Waals surface area contributed by atoms with E-state index in [1.807, 2.05) is 56.3 Å². The normalized spacial score (nSPS) is 14.8. The van der Waals surface area contributed by atoms with E-state index >= 15 is 0 Å². The molecule has 3 aromatic rings. The number of hydrazone groups is 1. The molecule has 1 aliphatic rings. The Hall–Kier alpha value is -3.25. The van der Waals surface area contributed by atoms with Gasteiger partial charge in [-0.25, -0.2) is 0 Å². The molecule has 0 atom stereocenters. The van der Waals surface area contributed by atoms with Crippen LogP contribution in [-0.2, 0) is 10.0 Å². The Labute approximate surface area is 170 Å². The first-order valence-electron chi connectivity index (χ1n) is 9.24. The Balaban J connectivity index is 1.80. The van der Waals surface area contributed by atoms with Gasteiger partial charge in [-0.15, -0.1) is 0 Å². The number of carbonyl (C=O) groups is 1. The van der Waals surface area contributed by atoms with Crippen molar-refractivity contribution in [2.45, 2.75) is 18.7 Å². The van der Waals surface area contributed by atoms with Crippen LogP contribution in [0, 0.1) is 13.8 Å². The van der Waals surface area contributed by atoms with E-state index in [1.165, 1.54) is 0 Å². The molecular formula is C23H20N2O3S. The molecule has 6 heteroatoms. The molecule has 0 fully saturated rings. The first-order valence-corrected chi connectivity index (χ1v) is 10.7. The molecule has 0 radical (unpaired) electrons. The van der Waals surface area contributed by atoms with Crippen LogP contribution < -0.4 is 0 Å². The standard InChI is InChI=1S/C23H20N2O3S/c1-16-12-13-17(2)20(14-16)21(26)15-25-24-23(18-8-4-3-5-9-18)19-10-6-7-11-22(19)29(25,27)28/h3-14H,15H2,1-2H3. The number of aryl methyl sites for hydroxylation is 2. The van der Waals surface area contributed by atoms with Crippen LogP contribution in [0.5, 0.6) is 0 Å². The van der Waals surface area contributed by atoms with Gasteiger partial charge in [0, 0.05) is 16.7 Å². The number of hydrogen-bond donors (Lipinski definition) is 0. The minimum absolute atomic E-state index is 0.155. The predicted molar refractivity (Wildman–Crippen MR) is 113 cm³/mol. The maximum Gasteiger partial charge on any atom is 0.280 e. The van der Waals surface area contributed by atoms with Gasteiger partial charge in [-0.1, -0.05) is 66.2 Å². The molecule has 3 aromatic carbocycles. The van der Waals surface area contributed by atoms with E-state index in [9.17, 15) is 13.2 Å². The number of benzene rings is 3. The molecule has 5 nitrogen and oxygen atoms in total. The molecule has 29 heavy (non-hydrogen) atoms. The Bertz CT molecular complexity index is 1230. The monoisotopic (exact) mass is 404 g/mol. The Morgan fingerprint density at radius 3 is 2.38 bits per heavy atom. The largest absolute Gasteiger partial charge is 0.292 e. The number of fused-ring (bicyclic) bond motifs is 1. The summed E-state index contributed by atoms with van der Waals surface area (Å²) in [6.45, 7) is 3.39. The number of Topliss-reactive ketones (excluding diaryl/α,β-unsaturated/α-hetero) is 1. The van der Waals surface area contributed by atoms with Gasteiger partial charge in [-0.2, -0.15) is 17.9 Å². The fraction of sp³-hybridized carbons (Fsp3) is 0.130. The maximum absolute atomic E-state index is 13.2. The zero-order chi connectivity index (χ0) is 20.6. The molecule has 0 saturated heterocycles. The van der Waals surface area contributed by atoms with Gasteiger partial charge >= 0.3 is 0 Å². The van der Waals surface area contributed by atoms with Gasteiger partial charge in [-0.05, 0) is 31.5 Å². The molecule has 1 aliphatic heterocycles. The zero-order valence-corrected chi connectivity index (χ0v) is 17.0. The van der Waals surface area contributed by atoms with Crippen molar-refractivity contribution < 1.29 is 13.2 Å². The van der Waals surface area contributed by atoms with E-state index in [2.05, 4.69) is 5.10 Å². The lowest BCUT2D eigenvalue weighted by Gasteiger charge is -2.27. The second-order valence-electron chi connectivity index (χ2n) is 7.04. The number of ketones is 1. The highest BCUT2D eigenvalue weighted by Crippen LogP contribution is 2.29. The lowest BCUT2D eigenvalue weighted by atomic mass is 10.0. The quantitative estimate of drug-likeness (QED) is 0.619. The van der Waals surface area contributed by atoms with Crippen LogP contribution in [0.3, 0.4) is 0 Å². The summed E-state index contributed by atoms with van der Waals surface area (Å²) < 4.78 is 27.3. The topological polar surface area (TPSA) is 66.8 Å². The molecule has 0 amide bonds. The summed E-state index contributed by atoms with van der Waals surface area (Å²) in [6, 6.07) is 21.7. The van der Waals surface area contributed by atoms with E-state index in [-0.39, 0.29) is 17.2 Å². The van der Waals surface area contributed by atoms with E-state index in [4.69, 9.17) is 0 Å². The van der Waals surface area contributed by atoms with Crippen LogP contribution in [0.1, 0.15) is 32.6 Å². The van der Waals surface area contributed by atoms with Crippen LogP contribution in [-0.4, -0.2) is 30.9 Å². The SMILES string of the molecule is Cc1ccc(C)c(C(=O)CN2N=C(c3ccccc3)c3ccccc3S2(=O)=O)c1. The van der Waals surface area contributed by atoms with Gasteiger partial charge in [-0.3, -0.25) is 4.79 Å². The fourth-order valence-corrected chi connectivity index (χ4v) is 4.79. The molecular weight excluding hydrogens is 384 g/mol. The van der Waals surface area contributed by atoms with Gasteiger partial charge in [0.1, 0.15) is 12.3 Å². The molecule has 0 spiro atoms. The second-order valence-corrected chi connectivity index (χ2v) is 8.85. The van der Waals surface area contributed by atoms with Crippen LogP contribution in [0.15, 0.2) is 82.8 Å². The van der Waals surface area contributed by atoms with Crippen molar-refractivity contribution >= 4 is 21.5 Å². The van der Waals surface area contributed by atoms with Crippen LogP contribution >= 0.6 is 0 Å². The molecule has 0 aliphatic carbocycles. The second kappa shape index (κ2) is 7.29. The first-order chi connectivity index (χ1) is 13.9. The fourth-order valence-electron chi connectivity index (χ4n) is 3.39.